The molecular weight excluding hydrogens is 266 g/mol. The third-order valence-electron chi connectivity index (χ3n) is 1.85. The molecule has 98 valence electrons. The summed E-state index contributed by atoms with van der Waals surface area (Å²) in [6, 6.07) is 1.09. The van der Waals surface area contributed by atoms with E-state index in [1.807, 2.05) is 5.48 Å². The lowest BCUT2D eigenvalue weighted by molar-refractivity contribution is -0.385. The molecule has 0 aliphatic heterocycles. The molecule has 0 spiro atoms. The second-order valence-electron chi connectivity index (χ2n) is 3.05. The van der Waals surface area contributed by atoms with Crippen molar-refractivity contribution in [3.05, 3.63) is 33.1 Å². The fourth-order valence-corrected chi connectivity index (χ4v) is 1.20. The highest BCUT2D eigenvalue weighted by molar-refractivity contribution is 6.29. The first-order valence-electron chi connectivity index (χ1n) is 4.77. The van der Waals surface area contributed by atoms with Gasteiger partial charge >= 0.3 is 0 Å². The number of nitrogens with one attached hydrogen (secondary N) is 1. The van der Waals surface area contributed by atoms with Gasteiger partial charge in [0.1, 0.15) is 16.9 Å². The van der Waals surface area contributed by atoms with Crippen LogP contribution in [0, 0.1) is 10.1 Å². The number of rotatable bonds is 6. The van der Waals surface area contributed by atoms with Gasteiger partial charge in [0.2, 0.25) is 0 Å². The predicted molar refractivity (Wildman–Crippen MR) is 61.2 cm³/mol. The van der Waals surface area contributed by atoms with Crippen molar-refractivity contribution < 1.29 is 19.3 Å². The number of carbonyl (C=O) groups excluding carboxylic acids is 1. The first-order chi connectivity index (χ1) is 8.56. The van der Waals surface area contributed by atoms with Crippen LogP contribution in [0.2, 0.25) is 5.15 Å². The molecule has 0 saturated carbocycles. The van der Waals surface area contributed by atoms with Crippen LogP contribution in [0.3, 0.4) is 0 Å². The quantitative estimate of drug-likeness (QED) is 0.359. The number of hydrogen-bond acceptors (Lipinski definition) is 6. The van der Waals surface area contributed by atoms with E-state index in [0.717, 1.165) is 12.3 Å². The Hall–Kier alpha value is -1.77. The Morgan fingerprint density at radius 2 is 2.33 bits per heavy atom. The summed E-state index contributed by atoms with van der Waals surface area (Å²) >= 11 is 5.57. The minimum Gasteiger partial charge on any atom is -0.382 e. The smallest absolute Gasteiger partial charge is 0.300 e. The van der Waals surface area contributed by atoms with Crippen LogP contribution in [0.1, 0.15) is 10.4 Å². The summed E-state index contributed by atoms with van der Waals surface area (Å²) in [5.41, 5.74) is 1.37. The highest BCUT2D eigenvalue weighted by Crippen LogP contribution is 2.19. The Morgan fingerprint density at radius 1 is 1.61 bits per heavy atom. The number of hydroxylamine groups is 1. The highest BCUT2D eigenvalue weighted by atomic mass is 35.5. The second kappa shape index (κ2) is 6.84. The molecule has 9 heteroatoms. The van der Waals surface area contributed by atoms with Crippen LogP contribution in [0.5, 0.6) is 0 Å². The molecule has 1 amide bonds. The zero-order valence-electron chi connectivity index (χ0n) is 9.38. The topological polar surface area (TPSA) is 104 Å². The van der Waals surface area contributed by atoms with Gasteiger partial charge in [-0.15, -0.1) is 0 Å². The van der Waals surface area contributed by atoms with Gasteiger partial charge < -0.3 is 4.74 Å². The molecule has 1 aromatic heterocycles. The number of ether oxygens (including phenoxy) is 1. The molecular formula is C9H10ClN3O5. The van der Waals surface area contributed by atoms with Gasteiger partial charge in [-0.2, -0.15) is 0 Å². The first kappa shape index (κ1) is 14.3. The third-order valence-corrected chi connectivity index (χ3v) is 2.05. The van der Waals surface area contributed by atoms with E-state index in [2.05, 4.69) is 4.98 Å². The Balaban J connectivity index is 2.77. The summed E-state index contributed by atoms with van der Waals surface area (Å²) in [4.78, 5) is 29.9. The molecule has 1 rings (SSSR count). The van der Waals surface area contributed by atoms with Crippen molar-refractivity contribution in [2.24, 2.45) is 0 Å². The summed E-state index contributed by atoms with van der Waals surface area (Å²) in [5.74, 6) is -0.776. The second-order valence-corrected chi connectivity index (χ2v) is 3.44. The fraction of sp³-hybridized carbons (Fsp3) is 0.333. The standard InChI is InChI=1S/C9H10ClN3O5/c1-17-2-3-18-12-9(14)6-4-8(10)11-5-7(6)13(15)16/h4-5H,2-3H2,1H3,(H,12,14). The number of nitrogens with zero attached hydrogens (tertiary/aromatic N) is 2. The van der Waals surface area contributed by atoms with E-state index in [9.17, 15) is 14.9 Å². The Labute approximate surface area is 107 Å². The number of pyridine rings is 1. The molecule has 0 radical (unpaired) electrons. The SMILES string of the molecule is COCCONC(=O)c1cc(Cl)ncc1[N+](=O)[O-]. The van der Waals surface area contributed by atoms with Crippen LogP contribution in [-0.4, -0.2) is 36.1 Å². The van der Waals surface area contributed by atoms with E-state index in [1.165, 1.54) is 7.11 Å². The van der Waals surface area contributed by atoms with Crippen LogP contribution in [0.4, 0.5) is 5.69 Å². The van der Waals surface area contributed by atoms with Crippen LogP contribution in [0.25, 0.3) is 0 Å². The molecule has 0 saturated heterocycles. The Kier molecular flexibility index (Phi) is 5.43. The number of amides is 1. The van der Waals surface area contributed by atoms with E-state index in [0.29, 0.717) is 0 Å². The van der Waals surface area contributed by atoms with Gasteiger partial charge in [0, 0.05) is 7.11 Å². The Morgan fingerprint density at radius 3 is 2.94 bits per heavy atom. The van der Waals surface area contributed by atoms with Crippen LogP contribution in [0.15, 0.2) is 12.3 Å². The largest absolute Gasteiger partial charge is 0.382 e. The maximum absolute atomic E-state index is 11.6. The number of hydrogen-bond donors (Lipinski definition) is 1. The maximum atomic E-state index is 11.6. The number of carbonyl (C=O) groups is 1. The van der Waals surface area contributed by atoms with E-state index in [-0.39, 0.29) is 23.9 Å². The molecule has 1 aromatic rings. The van der Waals surface area contributed by atoms with Crippen molar-refractivity contribution in [2.75, 3.05) is 20.3 Å². The lowest BCUT2D eigenvalue weighted by Gasteiger charge is -2.05. The maximum Gasteiger partial charge on any atom is 0.300 e. The van der Waals surface area contributed by atoms with Gasteiger partial charge in [-0.3, -0.25) is 19.7 Å². The highest BCUT2D eigenvalue weighted by Gasteiger charge is 2.21. The van der Waals surface area contributed by atoms with Gasteiger partial charge in [-0.05, 0) is 6.07 Å². The summed E-state index contributed by atoms with van der Waals surface area (Å²) < 4.78 is 4.69. The van der Waals surface area contributed by atoms with E-state index < -0.39 is 16.5 Å². The molecule has 1 N–H and O–H groups in total. The van der Waals surface area contributed by atoms with Crippen LogP contribution >= 0.6 is 11.6 Å². The van der Waals surface area contributed by atoms with E-state index in [4.69, 9.17) is 21.2 Å². The summed E-state index contributed by atoms with van der Waals surface area (Å²) in [7, 11) is 1.47. The zero-order chi connectivity index (χ0) is 13.5. The van der Waals surface area contributed by atoms with Gasteiger partial charge in [-0.1, -0.05) is 11.6 Å². The third kappa shape index (κ3) is 3.91. The molecule has 0 aliphatic rings. The van der Waals surface area contributed by atoms with Crippen LogP contribution in [-0.2, 0) is 9.57 Å². The summed E-state index contributed by atoms with van der Waals surface area (Å²) in [6.07, 6.45) is 0.909. The normalized spacial score (nSPS) is 10.1. The van der Waals surface area contributed by atoms with Gasteiger partial charge in [0.15, 0.2) is 0 Å². The molecule has 0 aromatic carbocycles. The average molecular weight is 276 g/mol. The number of aromatic nitrogens is 1. The lowest BCUT2D eigenvalue weighted by atomic mass is 10.2. The van der Waals surface area contributed by atoms with Gasteiger partial charge in [0.05, 0.1) is 18.1 Å². The number of methoxy groups -OCH3 is 1. The van der Waals surface area contributed by atoms with Crippen molar-refractivity contribution in [1.29, 1.82) is 0 Å². The van der Waals surface area contributed by atoms with E-state index in [1.54, 1.807) is 0 Å². The Bertz CT molecular complexity index is 454. The first-order valence-corrected chi connectivity index (χ1v) is 5.15. The fourth-order valence-electron chi connectivity index (χ4n) is 1.05. The average Bonchev–Trinajstić information content (AvgIpc) is 2.34. The van der Waals surface area contributed by atoms with Crippen molar-refractivity contribution in [1.82, 2.24) is 10.5 Å². The molecule has 0 unspecified atom stereocenters. The molecule has 0 atom stereocenters. The molecule has 0 aliphatic carbocycles. The van der Waals surface area contributed by atoms with Gasteiger partial charge in [0.25, 0.3) is 11.6 Å². The van der Waals surface area contributed by atoms with Crippen molar-refractivity contribution in [3.63, 3.8) is 0 Å². The minimum absolute atomic E-state index is 0.0253. The summed E-state index contributed by atoms with van der Waals surface area (Å²) in [6.45, 7) is 0.397. The summed E-state index contributed by atoms with van der Waals surface area (Å²) in [5, 5.41) is 10.7. The molecule has 0 bridgehead atoms. The number of nitro groups is 1. The predicted octanol–water partition coefficient (Wildman–Crippen LogP) is 0.951. The number of halogens is 1. The van der Waals surface area contributed by atoms with Crippen molar-refractivity contribution >= 4 is 23.2 Å². The van der Waals surface area contributed by atoms with Gasteiger partial charge in [-0.25, -0.2) is 10.5 Å². The van der Waals surface area contributed by atoms with E-state index >= 15 is 0 Å². The molecule has 18 heavy (non-hydrogen) atoms. The molecule has 8 nitrogen and oxygen atoms in total. The molecule has 0 fully saturated rings. The van der Waals surface area contributed by atoms with Crippen molar-refractivity contribution in [2.45, 2.75) is 0 Å². The monoisotopic (exact) mass is 275 g/mol. The van der Waals surface area contributed by atoms with Crippen LogP contribution < -0.4 is 5.48 Å². The lowest BCUT2D eigenvalue weighted by Crippen LogP contribution is -2.26. The van der Waals surface area contributed by atoms with Crippen molar-refractivity contribution in [3.8, 4) is 0 Å². The minimum atomic E-state index is -0.776. The molecule has 1 heterocycles. The zero-order valence-corrected chi connectivity index (χ0v) is 10.1.